The van der Waals surface area contributed by atoms with Crippen molar-refractivity contribution in [2.75, 3.05) is 50.3 Å². The van der Waals surface area contributed by atoms with E-state index < -0.39 is 0 Å². The first-order valence-electron chi connectivity index (χ1n) is 7.02. The summed E-state index contributed by atoms with van der Waals surface area (Å²) < 4.78 is 5.05. The van der Waals surface area contributed by atoms with Gasteiger partial charge in [0.25, 0.3) is 0 Å². The molecule has 0 aliphatic rings. The molecule has 4 heteroatoms. The summed E-state index contributed by atoms with van der Waals surface area (Å²) in [4.78, 5) is 2.08. The summed E-state index contributed by atoms with van der Waals surface area (Å²) in [5.74, 6) is 0. The van der Waals surface area contributed by atoms with Gasteiger partial charge in [-0.15, -0.1) is 0 Å². The molecule has 0 heterocycles. The lowest BCUT2D eigenvalue weighted by molar-refractivity contribution is 0.211. The Morgan fingerprint density at radius 1 is 1.10 bits per heavy atom. The Morgan fingerprint density at radius 2 is 1.81 bits per heavy atom. The third-order valence-corrected chi connectivity index (χ3v) is 3.38. The Hall–Kier alpha value is -2.20. The highest BCUT2D eigenvalue weighted by molar-refractivity contribution is 5.80. The monoisotopic (exact) mass is 285 g/mol. The molecule has 4 nitrogen and oxygen atoms in total. The maximum absolute atomic E-state index is 6.11. The molecule has 0 saturated carbocycles. The molecule has 0 aromatic heterocycles. The number of rotatable bonds is 6. The molecule has 0 unspecified atom stereocenters. The van der Waals surface area contributed by atoms with E-state index in [9.17, 15) is 0 Å². The van der Waals surface area contributed by atoms with Gasteiger partial charge < -0.3 is 20.7 Å². The summed E-state index contributed by atoms with van der Waals surface area (Å²) in [6.07, 6.45) is 0. The number of nitrogens with one attached hydrogen (secondary N) is 1. The van der Waals surface area contributed by atoms with E-state index in [1.807, 2.05) is 26.2 Å². The minimum atomic E-state index is 0.678. The lowest BCUT2D eigenvalue weighted by atomic mass is 10.0. The third-order valence-electron chi connectivity index (χ3n) is 3.38. The molecular weight excluding hydrogens is 262 g/mol. The zero-order valence-corrected chi connectivity index (χ0v) is 12.9. The predicted octanol–water partition coefficient (Wildman–Crippen LogP) is 3.06. The summed E-state index contributed by atoms with van der Waals surface area (Å²) in [5, 5.41) is 3.32. The molecule has 21 heavy (non-hydrogen) atoms. The highest BCUT2D eigenvalue weighted by Crippen LogP contribution is 2.30. The van der Waals surface area contributed by atoms with Gasteiger partial charge in [-0.05, 0) is 35.9 Å². The molecular formula is C17H23N3O. The lowest BCUT2D eigenvalue weighted by Gasteiger charge is -2.14. The first kappa shape index (κ1) is 15.2. The minimum absolute atomic E-state index is 0.678. The first-order chi connectivity index (χ1) is 10.1. The standard InChI is InChI=1S/C17H23N3O/c1-20(2)15-7-4-13(5-8-15)16-12-14(6-9-17(16)18)19-10-11-21-3/h4-9,12,19H,10-11,18H2,1-3H3. The summed E-state index contributed by atoms with van der Waals surface area (Å²) in [5.41, 5.74) is 11.3. The SMILES string of the molecule is COCCNc1ccc(N)c(-c2ccc(N(C)C)cc2)c1. The van der Waals surface area contributed by atoms with Crippen LogP contribution >= 0.6 is 0 Å². The van der Waals surface area contributed by atoms with E-state index in [0.29, 0.717) is 6.61 Å². The molecule has 3 N–H and O–H groups in total. The molecule has 0 saturated heterocycles. The number of methoxy groups -OCH3 is 1. The number of hydrogen-bond donors (Lipinski definition) is 2. The molecule has 2 rings (SSSR count). The lowest BCUT2D eigenvalue weighted by Crippen LogP contribution is -2.08. The number of nitrogens with two attached hydrogens (primary N) is 1. The molecule has 0 amide bonds. The van der Waals surface area contributed by atoms with E-state index in [1.165, 1.54) is 5.69 Å². The van der Waals surface area contributed by atoms with Crippen LogP contribution < -0.4 is 16.0 Å². The van der Waals surface area contributed by atoms with E-state index in [-0.39, 0.29) is 0 Å². The predicted molar refractivity (Wildman–Crippen MR) is 91.0 cm³/mol. The Balaban J connectivity index is 2.23. The van der Waals surface area contributed by atoms with E-state index in [0.717, 1.165) is 29.0 Å². The fraction of sp³-hybridized carbons (Fsp3) is 0.294. The molecule has 0 atom stereocenters. The Kier molecular flexibility index (Phi) is 5.06. The van der Waals surface area contributed by atoms with Gasteiger partial charge in [0, 0.05) is 50.4 Å². The molecule has 112 valence electrons. The molecule has 2 aromatic carbocycles. The number of anilines is 3. The fourth-order valence-electron chi connectivity index (χ4n) is 2.15. The summed E-state index contributed by atoms with van der Waals surface area (Å²) in [6.45, 7) is 1.46. The molecule has 0 spiro atoms. The molecule has 0 bridgehead atoms. The van der Waals surface area contributed by atoms with Crippen LogP contribution in [0.15, 0.2) is 42.5 Å². The van der Waals surface area contributed by atoms with Crippen molar-refractivity contribution in [2.24, 2.45) is 0 Å². The average molecular weight is 285 g/mol. The van der Waals surface area contributed by atoms with Crippen LogP contribution in [0.5, 0.6) is 0 Å². The van der Waals surface area contributed by atoms with Crippen molar-refractivity contribution >= 4 is 17.1 Å². The quantitative estimate of drug-likeness (QED) is 0.632. The zero-order chi connectivity index (χ0) is 15.2. The molecule has 0 radical (unpaired) electrons. The second-order valence-electron chi connectivity index (χ2n) is 5.16. The van der Waals surface area contributed by atoms with Gasteiger partial charge in [0.05, 0.1) is 6.61 Å². The maximum atomic E-state index is 6.11. The third kappa shape index (κ3) is 3.89. The van der Waals surface area contributed by atoms with Crippen molar-refractivity contribution in [2.45, 2.75) is 0 Å². The van der Waals surface area contributed by atoms with Crippen molar-refractivity contribution in [3.63, 3.8) is 0 Å². The van der Waals surface area contributed by atoms with Crippen LogP contribution in [0, 0.1) is 0 Å². The fourth-order valence-corrected chi connectivity index (χ4v) is 2.15. The van der Waals surface area contributed by atoms with Crippen LogP contribution in [0.3, 0.4) is 0 Å². The highest BCUT2D eigenvalue weighted by Gasteiger charge is 2.05. The zero-order valence-electron chi connectivity index (χ0n) is 12.9. The highest BCUT2D eigenvalue weighted by atomic mass is 16.5. The van der Waals surface area contributed by atoms with Gasteiger partial charge in [-0.3, -0.25) is 0 Å². The van der Waals surface area contributed by atoms with Gasteiger partial charge in [-0.2, -0.15) is 0 Å². The van der Waals surface area contributed by atoms with Crippen molar-refractivity contribution < 1.29 is 4.74 Å². The number of ether oxygens (including phenoxy) is 1. The van der Waals surface area contributed by atoms with Gasteiger partial charge in [-0.1, -0.05) is 12.1 Å². The summed E-state index contributed by atoms with van der Waals surface area (Å²) >= 11 is 0. The number of nitrogen functional groups attached to an aromatic ring is 1. The van der Waals surface area contributed by atoms with Gasteiger partial charge in [0.2, 0.25) is 0 Å². The maximum Gasteiger partial charge on any atom is 0.0635 e. The minimum Gasteiger partial charge on any atom is -0.398 e. The second-order valence-corrected chi connectivity index (χ2v) is 5.16. The van der Waals surface area contributed by atoms with Crippen LogP contribution in [0.4, 0.5) is 17.1 Å². The smallest absolute Gasteiger partial charge is 0.0635 e. The second kappa shape index (κ2) is 6.99. The molecule has 0 aliphatic heterocycles. The van der Waals surface area contributed by atoms with E-state index in [4.69, 9.17) is 10.5 Å². The molecule has 2 aromatic rings. The van der Waals surface area contributed by atoms with Crippen molar-refractivity contribution in [3.8, 4) is 11.1 Å². The van der Waals surface area contributed by atoms with Crippen LogP contribution in [0.1, 0.15) is 0 Å². The Bertz CT molecular complexity index is 579. The largest absolute Gasteiger partial charge is 0.398 e. The normalized spacial score (nSPS) is 10.4. The van der Waals surface area contributed by atoms with E-state index in [1.54, 1.807) is 7.11 Å². The van der Waals surface area contributed by atoms with Crippen LogP contribution in [-0.2, 0) is 4.74 Å². The van der Waals surface area contributed by atoms with Crippen molar-refractivity contribution in [1.82, 2.24) is 0 Å². The summed E-state index contributed by atoms with van der Waals surface area (Å²) in [7, 11) is 5.76. The Labute approximate surface area is 126 Å². The number of hydrogen-bond acceptors (Lipinski definition) is 4. The van der Waals surface area contributed by atoms with Crippen molar-refractivity contribution in [3.05, 3.63) is 42.5 Å². The van der Waals surface area contributed by atoms with Gasteiger partial charge in [-0.25, -0.2) is 0 Å². The van der Waals surface area contributed by atoms with E-state index in [2.05, 4.69) is 40.5 Å². The topological polar surface area (TPSA) is 50.5 Å². The number of nitrogens with zero attached hydrogens (tertiary/aromatic N) is 1. The van der Waals surface area contributed by atoms with E-state index >= 15 is 0 Å². The van der Waals surface area contributed by atoms with Crippen LogP contribution in [-0.4, -0.2) is 34.4 Å². The van der Waals surface area contributed by atoms with Crippen LogP contribution in [0.2, 0.25) is 0 Å². The summed E-state index contributed by atoms with van der Waals surface area (Å²) in [6, 6.07) is 14.4. The van der Waals surface area contributed by atoms with Crippen molar-refractivity contribution in [1.29, 1.82) is 0 Å². The first-order valence-corrected chi connectivity index (χ1v) is 7.02. The van der Waals surface area contributed by atoms with Gasteiger partial charge in [0.1, 0.15) is 0 Å². The van der Waals surface area contributed by atoms with Gasteiger partial charge in [0.15, 0.2) is 0 Å². The van der Waals surface area contributed by atoms with Crippen LogP contribution in [0.25, 0.3) is 11.1 Å². The molecule has 0 aliphatic carbocycles. The van der Waals surface area contributed by atoms with Gasteiger partial charge >= 0.3 is 0 Å². The Morgan fingerprint density at radius 3 is 2.43 bits per heavy atom. The molecule has 0 fully saturated rings. The number of benzene rings is 2. The average Bonchev–Trinajstić information content (AvgIpc) is 2.49.